The van der Waals surface area contributed by atoms with Crippen molar-refractivity contribution in [1.82, 2.24) is 34.9 Å². The Hall–Kier alpha value is -5.23. The lowest BCUT2D eigenvalue weighted by Crippen LogP contribution is -2.45. The third kappa shape index (κ3) is 6.50. The van der Waals surface area contributed by atoms with Gasteiger partial charge in [0.05, 0.1) is 31.5 Å². The molecule has 0 bridgehead atoms. The normalized spacial score (nSPS) is 16.3. The molecule has 45 heavy (non-hydrogen) atoms. The zero-order valence-electron chi connectivity index (χ0n) is 25.3. The van der Waals surface area contributed by atoms with Gasteiger partial charge in [-0.3, -0.25) is 0 Å². The van der Waals surface area contributed by atoms with Gasteiger partial charge in [0.15, 0.2) is 5.82 Å². The molecule has 2 aliphatic rings. The second-order valence-electron chi connectivity index (χ2n) is 11.2. The number of aryl methyl sites for hydroxylation is 1. The van der Waals surface area contributed by atoms with Gasteiger partial charge in [0.25, 0.3) is 0 Å². The molecular weight excluding hydrogens is 568 g/mol. The summed E-state index contributed by atoms with van der Waals surface area (Å²) in [6, 6.07) is 17.8. The van der Waals surface area contributed by atoms with E-state index in [9.17, 15) is 0 Å². The van der Waals surface area contributed by atoms with Crippen molar-refractivity contribution in [2.24, 2.45) is 0 Å². The second kappa shape index (κ2) is 12.8. The van der Waals surface area contributed by atoms with Crippen LogP contribution in [0, 0.1) is 6.92 Å². The number of nitrogens with one attached hydrogen (secondary N) is 1. The summed E-state index contributed by atoms with van der Waals surface area (Å²) in [5.41, 5.74) is 5.01. The maximum absolute atomic E-state index is 5.85. The van der Waals surface area contributed by atoms with E-state index in [1.54, 1.807) is 24.8 Å². The number of morpholine rings is 1. The first-order valence-corrected chi connectivity index (χ1v) is 15.1. The molecule has 0 saturated carbocycles. The van der Waals surface area contributed by atoms with Gasteiger partial charge in [0, 0.05) is 54.4 Å². The van der Waals surface area contributed by atoms with Crippen molar-refractivity contribution in [2.45, 2.75) is 39.5 Å². The summed E-state index contributed by atoms with van der Waals surface area (Å²) in [7, 11) is 0. The van der Waals surface area contributed by atoms with E-state index in [4.69, 9.17) is 19.4 Å². The standard InChI is InChI=1S/C33H34N10O2/c1-22-16-29(37-21-36-22)42-13-11-26-27(18-42)38-31(41-32(26)43-14-15-44-19-23(43)2)25-8-9-28(35-17-25)39-33-34-12-10-30(40-33)45-20-24-6-4-3-5-7-24/h3-10,12,16-17,21,23H,11,13-15,18-20H2,1-2H3,(H,34,35,39,40)/t23-/m0/s1. The third-order valence-electron chi connectivity index (χ3n) is 7.92. The summed E-state index contributed by atoms with van der Waals surface area (Å²) >= 11 is 0. The Kier molecular flexibility index (Phi) is 8.11. The van der Waals surface area contributed by atoms with Gasteiger partial charge in [-0.1, -0.05) is 30.3 Å². The SMILES string of the molecule is Cc1cc(N2CCc3c(nc(-c4ccc(Nc5nccc(OCc6ccccc6)n5)nc4)nc3N3CCOC[C@@H]3C)C2)ncn1. The van der Waals surface area contributed by atoms with Crippen LogP contribution in [0.5, 0.6) is 5.88 Å². The van der Waals surface area contributed by atoms with E-state index >= 15 is 0 Å². The predicted molar refractivity (Wildman–Crippen MR) is 171 cm³/mol. The number of hydrogen-bond donors (Lipinski definition) is 1. The molecule has 1 N–H and O–H groups in total. The number of anilines is 4. The average molecular weight is 603 g/mol. The summed E-state index contributed by atoms with van der Waals surface area (Å²) in [5.74, 6) is 4.00. The van der Waals surface area contributed by atoms with Crippen LogP contribution in [-0.2, 0) is 24.3 Å². The van der Waals surface area contributed by atoms with Gasteiger partial charge in [0.2, 0.25) is 11.8 Å². The molecule has 4 aromatic heterocycles. The van der Waals surface area contributed by atoms with Crippen molar-refractivity contribution in [3.8, 4) is 17.3 Å². The number of fused-ring (bicyclic) bond motifs is 1. The third-order valence-corrected chi connectivity index (χ3v) is 7.92. The minimum Gasteiger partial charge on any atom is -0.473 e. The van der Waals surface area contributed by atoms with E-state index in [-0.39, 0.29) is 6.04 Å². The van der Waals surface area contributed by atoms with E-state index < -0.39 is 0 Å². The van der Waals surface area contributed by atoms with E-state index in [0.29, 0.717) is 49.8 Å². The highest BCUT2D eigenvalue weighted by atomic mass is 16.5. The van der Waals surface area contributed by atoms with Gasteiger partial charge < -0.3 is 24.6 Å². The summed E-state index contributed by atoms with van der Waals surface area (Å²) in [4.78, 5) is 37.1. The van der Waals surface area contributed by atoms with Gasteiger partial charge in [-0.05, 0) is 38.0 Å². The van der Waals surface area contributed by atoms with Gasteiger partial charge in [-0.15, -0.1) is 0 Å². The van der Waals surface area contributed by atoms with Crippen LogP contribution in [0.25, 0.3) is 11.4 Å². The van der Waals surface area contributed by atoms with Crippen LogP contribution in [-0.4, -0.2) is 67.2 Å². The highest BCUT2D eigenvalue weighted by Crippen LogP contribution is 2.32. The topological polar surface area (TPSA) is 127 Å². The molecule has 0 spiro atoms. The lowest BCUT2D eigenvalue weighted by atomic mass is 10.0. The summed E-state index contributed by atoms with van der Waals surface area (Å²) in [6.45, 7) is 8.19. The lowest BCUT2D eigenvalue weighted by Gasteiger charge is -2.38. The lowest BCUT2D eigenvalue weighted by molar-refractivity contribution is 0.0984. The van der Waals surface area contributed by atoms with E-state index in [2.05, 4.69) is 47.0 Å². The first kappa shape index (κ1) is 28.5. The van der Waals surface area contributed by atoms with Gasteiger partial charge in [0.1, 0.15) is 30.4 Å². The molecule has 1 atom stereocenters. The fourth-order valence-electron chi connectivity index (χ4n) is 5.56. The fraction of sp³-hybridized carbons (Fsp3) is 0.303. The van der Waals surface area contributed by atoms with Crippen LogP contribution < -0.4 is 19.9 Å². The van der Waals surface area contributed by atoms with Gasteiger partial charge >= 0.3 is 0 Å². The van der Waals surface area contributed by atoms with Crippen molar-refractivity contribution in [3.63, 3.8) is 0 Å². The van der Waals surface area contributed by atoms with Crippen LogP contribution in [0.2, 0.25) is 0 Å². The molecule has 0 amide bonds. The number of rotatable bonds is 8. The Labute approximate surface area is 261 Å². The highest BCUT2D eigenvalue weighted by molar-refractivity contribution is 5.63. The molecule has 1 aromatic carbocycles. The molecule has 228 valence electrons. The van der Waals surface area contributed by atoms with E-state index in [0.717, 1.165) is 53.7 Å². The Bertz CT molecular complexity index is 1770. The van der Waals surface area contributed by atoms with Gasteiger partial charge in [-0.25, -0.2) is 29.9 Å². The molecule has 0 radical (unpaired) electrons. The van der Waals surface area contributed by atoms with E-state index in [1.165, 1.54) is 5.56 Å². The molecule has 7 rings (SSSR count). The first-order valence-electron chi connectivity index (χ1n) is 15.1. The van der Waals surface area contributed by atoms with Crippen molar-refractivity contribution in [2.75, 3.05) is 41.4 Å². The molecule has 12 heteroatoms. The van der Waals surface area contributed by atoms with Gasteiger partial charge in [-0.2, -0.15) is 4.98 Å². The smallest absolute Gasteiger partial charge is 0.231 e. The summed E-state index contributed by atoms with van der Waals surface area (Å²) in [6.07, 6.45) is 5.88. The average Bonchev–Trinajstić information content (AvgIpc) is 3.08. The van der Waals surface area contributed by atoms with Crippen LogP contribution in [0.15, 0.2) is 73.3 Å². The molecule has 1 saturated heterocycles. The molecule has 12 nitrogen and oxygen atoms in total. The zero-order valence-corrected chi connectivity index (χ0v) is 25.3. The Morgan fingerprint density at radius 2 is 1.89 bits per heavy atom. The number of pyridine rings is 1. The Morgan fingerprint density at radius 1 is 0.978 bits per heavy atom. The molecule has 0 unspecified atom stereocenters. The summed E-state index contributed by atoms with van der Waals surface area (Å²) in [5, 5.41) is 3.17. The highest BCUT2D eigenvalue weighted by Gasteiger charge is 2.29. The van der Waals surface area contributed by atoms with Crippen molar-refractivity contribution < 1.29 is 9.47 Å². The minimum atomic E-state index is 0.213. The van der Waals surface area contributed by atoms with Crippen molar-refractivity contribution in [3.05, 3.63) is 95.8 Å². The van der Waals surface area contributed by atoms with Crippen molar-refractivity contribution >= 4 is 23.4 Å². The van der Waals surface area contributed by atoms with Crippen LogP contribution >= 0.6 is 0 Å². The van der Waals surface area contributed by atoms with E-state index in [1.807, 2.05) is 55.5 Å². The van der Waals surface area contributed by atoms with Crippen molar-refractivity contribution in [1.29, 1.82) is 0 Å². The molecule has 2 aliphatic heterocycles. The maximum atomic E-state index is 5.85. The largest absolute Gasteiger partial charge is 0.473 e. The number of ether oxygens (including phenoxy) is 2. The predicted octanol–water partition coefficient (Wildman–Crippen LogP) is 4.54. The second-order valence-corrected chi connectivity index (χ2v) is 11.2. The molecule has 6 heterocycles. The summed E-state index contributed by atoms with van der Waals surface area (Å²) < 4.78 is 11.6. The van der Waals surface area contributed by atoms with Crippen LogP contribution in [0.1, 0.15) is 29.4 Å². The van der Waals surface area contributed by atoms with Crippen LogP contribution in [0.3, 0.4) is 0 Å². The number of nitrogens with zero attached hydrogens (tertiary/aromatic N) is 9. The molecule has 5 aromatic rings. The molecular formula is C33H34N10O2. The zero-order chi connectivity index (χ0) is 30.6. The maximum Gasteiger partial charge on any atom is 0.231 e. The number of aromatic nitrogens is 7. The Balaban J connectivity index is 1.13. The van der Waals surface area contributed by atoms with Crippen LogP contribution in [0.4, 0.5) is 23.4 Å². The fourth-order valence-corrected chi connectivity index (χ4v) is 5.56. The quantitative estimate of drug-likeness (QED) is 0.268. The first-order chi connectivity index (χ1) is 22.1. The monoisotopic (exact) mass is 602 g/mol. The number of hydrogen-bond acceptors (Lipinski definition) is 12. The molecule has 0 aliphatic carbocycles. The number of benzene rings is 1. The Morgan fingerprint density at radius 3 is 2.71 bits per heavy atom. The minimum absolute atomic E-state index is 0.213. The molecule has 1 fully saturated rings.